The molecule has 0 aliphatic carbocycles. The van der Waals surface area contributed by atoms with Gasteiger partial charge in [0.1, 0.15) is 29.8 Å². The van der Waals surface area contributed by atoms with E-state index in [4.69, 9.17) is 13.6 Å². The van der Waals surface area contributed by atoms with Gasteiger partial charge in [-0.1, -0.05) is 47.6 Å². The molecule has 7 heteroatoms. The number of benzene rings is 1. The second-order valence-electron chi connectivity index (χ2n) is 11.2. The van der Waals surface area contributed by atoms with Crippen molar-refractivity contribution in [3.05, 3.63) is 23.8 Å². The molecular weight excluding hydrogens is 400 g/mol. The van der Waals surface area contributed by atoms with Gasteiger partial charge in [-0.3, -0.25) is 0 Å². The van der Waals surface area contributed by atoms with Gasteiger partial charge in [0.15, 0.2) is 0 Å². The minimum atomic E-state index is -2.11. The molecular formula is C22H40O5Si2. The summed E-state index contributed by atoms with van der Waals surface area (Å²) in [6, 6.07) is 5.76. The molecule has 1 heterocycles. The van der Waals surface area contributed by atoms with Crippen LogP contribution in [-0.2, 0) is 4.74 Å². The van der Waals surface area contributed by atoms with Crippen LogP contribution in [0.4, 0.5) is 0 Å². The van der Waals surface area contributed by atoms with Crippen LogP contribution in [0.1, 0.15) is 53.2 Å². The summed E-state index contributed by atoms with van der Waals surface area (Å²) in [4.78, 5) is 0. The lowest BCUT2D eigenvalue weighted by Gasteiger charge is -2.40. The van der Waals surface area contributed by atoms with Gasteiger partial charge in [0.2, 0.25) is 0 Å². The quantitative estimate of drug-likeness (QED) is 0.612. The number of ether oxygens (including phenoxy) is 1. The zero-order valence-electron chi connectivity index (χ0n) is 19.8. The average Bonchev–Trinajstić information content (AvgIpc) is 2.86. The zero-order chi connectivity index (χ0) is 22.4. The van der Waals surface area contributed by atoms with Crippen LogP contribution in [-0.4, -0.2) is 45.7 Å². The Hall–Kier alpha value is -0.866. The van der Waals surface area contributed by atoms with E-state index in [1.54, 1.807) is 0 Å². The normalized spacial score (nSPS) is 23.9. The maximum atomic E-state index is 10.3. The third-order valence-electron chi connectivity index (χ3n) is 6.79. The van der Waals surface area contributed by atoms with E-state index < -0.39 is 34.9 Å². The molecule has 2 rings (SSSR count). The van der Waals surface area contributed by atoms with Gasteiger partial charge in [-0.2, -0.15) is 0 Å². The van der Waals surface area contributed by atoms with Crippen molar-refractivity contribution in [1.29, 1.82) is 0 Å². The van der Waals surface area contributed by atoms with Crippen molar-refractivity contribution in [2.45, 2.75) is 96.1 Å². The predicted molar refractivity (Wildman–Crippen MR) is 123 cm³/mol. The molecule has 2 N–H and O–H groups in total. The Balaban J connectivity index is 2.47. The standard InChI is InChI=1S/C22H40O5Si2/c1-21(2,3)28(7,8)26-17-12-11-15(20-19(24)16(23)14-25-20)13-18(17)27-29(9,10)22(4,5)6/h11-13,16,19-20,23-24H,14H2,1-10H3/t16-,19-,20+/m1/s1. The molecule has 0 saturated carbocycles. The zero-order valence-corrected chi connectivity index (χ0v) is 21.8. The molecule has 166 valence electrons. The van der Waals surface area contributed by atoms with E-state index in [1.807, 2.05) is 18.2 Å². The van der Waals surface area contributed by atoms with Gasteiger partial charge in [-0.15, -0.1) is 0 Å². The summed E-state index contributed by atoms with van der Waals surface area (Å²) < 4.78 is 18.9. The van der Waals surface area contributed by atoms with Crippen LogP contribution >= 0.6 is 0 Å². The first-order chi connectivity index (χ1) is 13.0. The Kier molecular flexibility index (Phi) is 6.73. The molecule has 1 fully saturated rings. The van der Waals surface area contributed by atoms with E-state index in [1.165, 1.54) is 0 Å². The minimum Gasteiger partial charge on any atom is -0.541 e. The topological polar surface area (TPSA) is 68.2 Å². The van der Waals surface area contributed by atoms with Crippen LogP contribution in [0.15, 0.2) is 18.2 Å². The highest BCUT2D eigenvalue weighted by atomic mass is 28.4. The van der Waals surface area contributed by atoms with E-state index in [-0.39, 0.29) is 16.7 Å². The molecule has 0 amide bonds. The second kappa shape index (κ2) is 8.00. The lowest BCUT2D eigenvalue weighted by atomic mass is 10.0. The highest BCUT2D eigenvalue weighted by Gasteiger charge is 2.43. The van der Waals surface area contributed by atoms with Gasteiger partial charge >= 0.3 is 0 Å². The summed E-state index contributed by atoms with van der Waals surface area (Å²) in [6.45, 7) is 22.2. The van der Waals surface area contributed by atoms with Crippen molar-refractivity contribution in [2.24, 2.45) is 0 Å². The molecule has 0 bridgehead atoms. The molecule has 1 aromatic carbocycles. The molecule has 3 atom stereocenters. The Morgan fingerprint density at radius 3 is 1.76 bits per heavy atom. The van der Waals surface area contributed by atoms with Gasteiger partial charge < -0.3 is 23.8 Å². The van der Waals surface area contributed by atoms with E-state index in [9.17, 15) is 10.2 Å². The molecule has 0 unspecified atom stereocenters. The molecule has 0 spiro atoms. The fourth-order valence-electron chi connectivity index (χ4n) is 2.62. The molecule has 1 aliphatic rings. The number of hydrogen-bond donors (Lipinski definition) is 2. The summed E-state index contributed by atoms with van der Waals surface area (Å²) in [5.74, 6) is 1.45. The largest absolute Gasteiger partial charge is 0.541 e. The summed E-state index contributed by atoms with van der Waals surface area (Å²) in [6.07, 6.45) is -2.37. The van der Waals surface area contributed by atoms with Gasteiger partial charge in [0.25, 0.3) is 16.6 Å². The minimum absolute atomic E-state index is 0.0385. The number of aliphatic hydroxyl groups excluding tert-OH is 2. The van der Waals surface area contributed by atoms with Crippen LogP contribution in [0, 0.1) is 0 Å². The number of rotatable bonds is 5. The smallest absolute Gasteiger partial charge is 0.250 e. The first kappa shape index (κ1) is 24.4. The number of hydrogen-bond acceptors (Lipinski definition) is 5. The van der Waals surface area contributed by atoms with Crippen LogP contribution in [0.2, 0.25) is 36.3 Å². The van der Waals surface area contributed by atoms with Gasteiger partial charge in [-0.25, -0.2) is 0 Å². The van der Waals surface area contributed by atoms with Crippen LogP contribution < -0.4 is 8.85 Å². The van der Waals surface area contributed by atoms with Crippen molar-refractivity contribution in [1.82, 2.24) is 0 Å². The Bertz CT molecular complexity index is 719. The third kappa shape index (κ3) is 5.25. The fraction of sp³-hybridized carbons (Fsp3) is 0.727. The van der Waals surface area contributed by atoms with Crippen molar-refractivity contribution in [3.8, 4) is 11.5 Å². The predicted octanol–water partition coefficient (Wildman–Crippen LogP) is 5.25. The molecule has 1 aliphatic heterocycles. The lowest BCUT2D eigenvalue weighted by Crippen LogP contribution is -2.45. The van der Waals surface area contributed by atoms with E-state index >= 15 is 0 Å². The second-order valence-corrected chi connectivity index (χ2v) is 20.7. The van der Waals surface area contributed by atoms with Crippen molar-refractivity contribution >= 4 is 16.6 Å². The summed E-state index contributed by atoms with van der Waals surface area (Å²) in [7, 11) is -4.17. The third-order valence-corrected chi connectivity index (χ3v) is 15.5. The van der Waals surface area contributed by atoms with Gasteiger partial charge in [0, 0.05) is 0 Å². The Labute approximate surface area is 178 Å². The van der Waals surface area contributed by atoms with Crippen LogP contribution in [0.5, 0.6) is 11.5 Å². The Morgan fingerprint density at radius 1 is 0.862 bits per heavy atom. The highest BCUT2D eigenvalue weighted by Crippen LogP contribution is 2.45. The molecule has 0 radical (unpaired) electrons. The van der Waals surface area contributed by atoms with Crippen LogP contribution in [0.25, 0.3) is 0 Å². The van der Waals surface area contributed by atoms with Crippen LogP contribution in [0.3, 0.4) is 0 Å². The first-order valence-corrected chi connectivity index (χ1v) is 16.3. The van der Waals surface area contributed by atoms with Gasteiger partial charge in [-0.05, 0) is 54.0 Å². The lowest BCUT2D eigenvalue weighted by molar-refractivity contribution is 0.0224. The van der Waals surface area contributed by atoms with E-state index in [2.05, 4.69) is 67.7 Å². The van der Waals surface area contributed by atoms with Crippen molar-refractivity contribution in [2.75, 3.05) is 6.61 Å². The summed E-state index contributed by atoms with van der Waals surface area (Å²) in [5, 5.41) is 20.3. The Morgan fingerprint density at radius 2 is 1.34 bits per heavy atom. The summed E-state index contributed by atoms with van der Waals surface area (Å²) in [5.41, 5.74) is 0.797. The maximum Gasteiger partial charge on any atom is 0.250 e. The van der Waals surface area contributed by atoms with Crippen molar-refractivity contribution in [3.63, 3.8) is 0 Å². The average molecular weight is 441 g/mol. The first-order valence-electron chi connectivity index (χ1n) is 10.5. The van der Waals surface area contributed by atoms with Gasteiger partial charge in [0.05, 0.1) is 6.61 Å². The molecule has 5 nitrogen and oxygen atoms in total. The number of aliphatic hydroxyl groups is 2. The van der Waals surface area contributed by atoms with E-state index in [0.717, 1.165) is 11.3 Å². The molecule has 1 aromatic rings. The monoisotopic (exact) mass is 440 g/mol. The molecule has 29 heavy (non-hydrogen) atoms. The van der Waals surface area contributed by atoms with E-state index in [0.29, 0.717) is 5.75 Å². The SMILES string of the molecule is CC(C)(C)[Si](C)(C)Oc1ccc([C@@H]2OC[C@@H](O)[C@H]2O)cc1O[Si](C)(C)C(C)(C)C. The summed E-state index contributed by atoms with van der Waals surface area (Å²) >= 11 is 0. The molecule has 1 saturated heterocycles. The molecule has 0 aromatic heterocycles. The fourth-order valence-corrected chi connectivity index (χ4v) is 4.66. The van der Waals surface area contributed by atoms with Crippen molar-refractivity contribution < 1.29 is 23.8 Å². The highest BCUT2D eigenvalue weighted by molar-refractivity contribution is 6.75. The maximum absolute atomic E-state index is 10.3.